The Morgan fingerprint density at radius 1 is 1.11 bits per heavy atom. The minimum atomic E-state index is -0.197. The third-order valence-electron chi connectivity index (χ3n) is 4.21. The van der Waals surface area contributed by atoms with Gasteiger partial charge in [0.15, 0.2) is 5.96 Å². The van der Waals surface area contributed by atoms with Crippen LogP contribution in [0.5, 0.6) is 0 Å². The van der Waals surface area contributed by atoms with E-state index in [4.69, 9.17) is 0 Å². The summed E-state index contributed by atoms with van der Waals surface area (Å²) in [4.78, 5) is 8.63. The first-order valence-corrected chi connectivity index (χ1v) is 8.85. The number of rotatable bonds is 7. The Balaban J connectivity index is 0.00000261. The van der Waals surface area contributed by atoms with E-state index in [2.05, 4.69) is 31.2 Å². The summed E-state index contributed by atoms with van der Waals surface area (Å²) < 4.78 is 15.3. The summed E-state index contributed by atoms with van der Waals surface area (Å²) >= 11 is 0. The summed E-state index contributed by atoms with van der Waals surface area (Å²) in [5.74, 6) is 0.564. The zero-order chi connectivity index (χ0) is 18.2. The van der Waals surface area contributed by atoms with E-state index in [9.17, 15) is 4.39 Å². The van der Waals surface area contributed by atoms with Crippen LogP contribution in [0.25, 0.3) is 11.0 Å². The van der Waals surface area contributed by atoms with E-state index in [0.717, 1.165) is 48.5 Å². The van der Waals surface area contributed by atoms with Crippen molar-refractivity contribution < 1.29 is 4.39 Å². The highest BCUT2D eigenvalue weighted by molar-refractivity contribution is 14.0. The second-order valence-corrected chi connectivity index (χ2v) is 6.09. The van der Waals surface area contributed by atoms with Gasteiger partial charge < -0.3 is 15.2 Å². The summed E-state index contributed by atoms with van der Waals surface area (Å²) in [7, 11) is 1.75. The van der Waals surface area contributed by atoms with Crippen molar-refractivity contribution >= 4 is 41.0 Å². The number of fused-ring (bicyclic) bond motifs is 1. The number of aromatic nitrogens is 2. The van der Waals surface area contributed by atoms with Gasteiger partial charge >= 0.3 is 0 Å². The lowest BCUT2D eigenvalue weighted by Gasteiger charge is -2.12. The molecule has 0 aliphatic carbocycles. The number of nitrogens with one attached hydrogen (secondary N) is 2. The van der Waals surface area contributed by atoms with Crippen LogP contribution in [-0.4, -0.2) is 35.6 Å². The number of para-hydroxylation sites is 2. The summed E-state index contributed by atoms with van der Waals surface area (Å²) in [5.41, 5.74) is 3.15. The van der Waals surface area contributed by atoms with E-state index >= 15 is 0 Å². The van der Waals surface area contributed by atoms with E-state index in [0.29, 0.717) is 6.54 Å². The molecule has 0 aliphatic heterocycles. The normalized spacial score (nSPS) is 11.3. The first-order chi connectivity index (χ1) is 12.8. The molecule has 144 valence electrons. The molecule has 0 atom stereocenters. The number of benzene rings is 2. The van der Waals surface area contributed by atoms with Gasteiger partial charge in [0, 0.05) is 26.7 Å². The maximum absolute atomic E-state index is 13.2. The van der Waals surface area contributed by atoms with Gasteiger partial charge in [-0.15, -0.1) is 24.0 Å². The van der Waals surface area contributed by atoms with E-state index in [-0.39, 0.29) is 29.8 Å². The van der Waals surface area contributed by atoms with Gasteiger partial charge in [0.1, 0.15) is 5.82 Å². The van der Waals surface area contributed by atoms with Crippen LogP contribution in [0.1, 0.15) is 12.0 Å². The quantitative estimate of drug-likeness (QED) is 0.235. The zero-order valence-electron chi connectivity index (χ0n) is 15.4. The molecule has 5 nitrogen and oxygen atoms in total. The largest absolute Gasteiger partial charge is 0.356 e. The highest BCUT2D eigenvalue weighted by atomic mass is 127. The van der Waals surface area contributed by atoms with Crippen molar-refractivity contribution in [2.45, 2.75) is 19.4 Å². The molecule has 1 heterocycles. The lowest BCUT2D eigenvalue weighted by molar-refractivity contribution is 0.624. The molecule has 0 bridgehead atoms. The Labute approximate surface area is 176 Å². The van der Waals surface area contributed by atoms with Crippen LogP contribution in [0.3, 0.4) is 0 Å². The number of nitrogens with zero attached hydrogens (tertiary/aromatic N) is 3. The van der Waals surface area contributed by atoms with E-state index in [1.807, 2.05) is 30.6 Å². The fourth-order valence-corrected chi connectivity index (χ4v) is 2.88. The molecule has 0 saturated carbocycles. The lowest BCUT2D eigenvalue weighted by Crippen LogP contribution is -2.38. The summed E-state index contributed by atoms with van der Waals surface area (Å²) in [5, 5.41) is 6.57. The molecular weight excluding hydrogens is 456 g/mol. The van der Waals surface area contributed by atoms with Crippen LogP contribution < -0.4 is 10.6 Å². The van der Waals surface area contributed by atoms with Gasteiger partial charge in [-0.05, 0) is 42.7 Å². The van der Waals surface area contributed by atoms with Crippen molar-refractivity contribution in [2.24, 2.45) is 4.99 Å². The second kappa shape index (κ2) is 10.9. The first kappa shape index (κ1) is 21.1. The topological polar surface area (TPSA) is 54.2 Å². The number of imidazole rings is 1. The molecule has 0 radical (unpaired) electrons. The highest BCUT2D eigenvalue weighted by Crippen LogP contribution is 2.11. The third-order valence-corrected chi connectivity index (χ3v) is 4.21. The van der Waals surface area contributed by atoms with E-state index in [1.54, 1.807) is 19.2 Å². The maximum atomic E-state index is 13.2. The molecule has 2 N–H and O–H groups in total. The molecule has 27 heavy (non-hydrogen) atoms. The molecule has 7 heteroatoms. The van der Waals surface area contributed by atoms with Crippen molar-refractivity contribution in [3.63, 3.8) is 0 Å². The average Bonchev–Trinajstić information content (AvgIpc) is 3.07. The predicted octanol–water partition coefficient (Wildman–Crippen LogP) is 3.59. The Hall–Kier alpha value is -2.16. The smallest absolute Gasteiger partial charge is 0.190 e. The minimum absolute atomic E-state index is 0. The van der Waals surface area contributed by atoms with Crippen LogP contribution in [0.4, 0.5) is 4.39 Å². The van der Waals surface area contributed by atoms with Crippen LogP contribution in [0, 0.1) is 5.82 Å². The zero-order valence-corrected chi connectivity index (χ0v) is 17.7. The lowest BCUT2D eigenvalue weighted by atomic mass is 10.1. The molecule has 1 aromatic heterocycles. The van der Waals surface area contributed by atoms with Gasteiger partial charge in [-0.1, -0.05) is 24.3 Å². The van der Waals surface area contributed by atoms with Gasteiger partial charge in [-0.25, -0.2) is 9.37 Å². The molecule has 3 rings (SSSR count). The van der Waals surface area contributed by atoms with Crippen molar-refractivity contribution in [1.82, 2.24) is 20.2 Å². The van der Waals surface area contributed by atoms with Crippen molar-refractivity contribution in [2.75, 3.05) is 20.1 Å². The number of guanidine groups is 1. The molecule has 0 spiro atoms. The van der Waals surface area contributed by atoms with Gasteiger partial charge in [-0.2, -0.15) is 0 Å². The van der Waals surface area contributed by atoms with E-state index in [1.165, 1.54) is 6.07 Å². The van der Waals surface area contributed by atoms with Crippen molar-refractivity contribution in [1.29, 1.82) is 0 Å². The first-order valence-electron chi connectivity index (χ1n) is 8.85. The molecule has 2 aromatic carbocycles. The Morgan fingerprint density at radius 3 is 2.74 bits per heavy atom. The molecule has 3 aromatic rings. The Kier molecular flexibility index (Phi) is 8.50. The predicted molar refractivity (Wildman–Crippen MR) is 119 cm³/mol. The minimum Gasteiger partial charge on any atom is -0.356 e. The fourth-order valence-electron chi connectivity index (χ4n) is 2.88. The van der Waals surface area contributed by atoms with Crippen LogP contribution in [-0.2, 0) is 13.0 Å². The number of hydrogen-bond donors (Lipinski definition) is 2. The van der Waals surface area contributed by atoms with Gasteiger partial charge in [0.2, 0.25) is 0 Å². The Bertz CT molecular complexity index is 877. The average molecular weight is 481 g/mol. The molecular formula is C20H25FIN5. The molecule has 0 fully saturated rings. The monoisotopic (exact) mass is 481 g/mol. The van der Waals surface area contributed by atoms with Crippen LogP contribution in [0.2, 0.25) is 0 Å². The van der Waals surface area contributed by atoms with Gasteiger partial charge in [-0.3, -0.25) is 4.99 Å². The van der Waals surface area contributed by atoms with Crippen LogP contribution >= 0.6 is 24.0 Å². The van der Waals surface area contributed by atoms with Crippen LogP contribution in [0.15, 0.2) is 59.9 Å². The number of aliphatic imine (C=N–C) groups is 1. The SMILES string of the molecule is CN=C(NCCCn1cnc2ccccc21)NCCc1cccc(F)c1.I. The maximum Gasteiger partial charge on any atom is 0.190 e. The summed E-state index contributed by atoms with van der Waals surface area (Å²) in [6.07, 6.45) is 3.60. The Morgan fingerprint density at radius 2 is 1.93 bits per heavy atom. The summed E-state index contributed by atoms with van der Waals surface area (Å²) in [6, 6.07) is 14.8. The van der Waals surface area contributed by atoms with E-state index < -0.39 is 0 Å². The number of aryl methyl sites for hydroxylation is 1. The second-order valence-electron chi connectivity index (χ2n) is 6.09. The molecule has 0 amide bonds. The molecule has 0 aliphatic rings. The number of hydrogen-bond acceptors (Lipinski definition) is 2. The standard InChI is InChI=1S/C20H24FN5.HI/c1-22-20(24-12-10-16-6-4-7-17(21)14-16)23-11-5-13-26-15-25-18-8-2-3-9-19(18)26;/h2-4,6-9,14-15H,5,10-13H2,1H3,(H2,22,23,24);1H. The fraction of sp³-hybridized carbons (Fsp3) is 0.300. The van der Waals surface area contributed by atoms with Crippen molar-refractivity contribution in [3.05, 3.63) is 66.2 Å². The van der Waals surface area contributed by atoms with Crippen molar-refractivity contribution in [3.8, 4) is 0 Å². The third kappa shape index (κ3) is 6.20. The molecule has 0 unspecified atom stereocenters. The molecule has 0 saturated heterocycles. The highest BCUT2D eigenvalue weighted by Gasteiger charge is 2.02. The van der Waals surface area contributed by atoms with Gasteiger partial charge in [0.05, 0.1) is 17.4 Å². The van der Waals surface area contributed by atoms with Gasteiger partial charge in [0.25, 0.3) is 0 Å². The number of halogens is 2. The summed E-state index contributed by atoms with van der Waals surface area (Å²) in [6.45, 7) is 2.41.